The Kier molecular flexibility index (Phi) is 2.92. The van der Waals surface area contributed by atoms with E-state index in [9.17, 15) is 0 Å². The van der Waals surface area contributed by atoms with Crippen molar-refractivity contribution >= 4 is 32.9 Å². The molecule has 2 aromatic heterocycles. The van der Waals surface area contributed by atoms with Gasteiger partial charge in [-0.25, -0.2) is 15.0 Å². The third-order valence-electron chi connectivity index (χ3n) is 3.93. The number of aryl methyl sites for hydroxylation is 1. The van der Waals surface area contributed by atoms with Crippen molar-refractivity contribution in [3.63, 3.8) is 0 Å². The van der Waals surface area contributed by atoms with Crippen molar-refractivity contribution in [2.45, 2.75) is 19.9 Å². The van der Waals surface area contributed by atoms with Crippen LogP contribution in [0.25, 0.3) is 11.2 Å². The van der Waals surface area contributed by atoms with Gasteiger partial charge in [0.15, 0.2) is 11.5 Å². The van der Waals surface area contributed by atoms with Crippen LogP contribution in [0, 0.1) is 6.92 Å². The molecular formula is C15H14BrN5. The first-order chi connectivity index (χ1) is 10.2. The third-order valence-corrected chi connectivity index (χ3v) is 4.64. The summed E-state index contributed by atoms with van der Waals surface area (Å²) < 4.78 is 1.18. The van der Waals surface area contributed by atoms with E-state index in [4.69, 9.17) is 0 Å². The minimum absolute atomic E-state index is 0.716. The lowest BCUT2D eigenvalue weighted by Crippen LogP contribution is -2.31. The molecule has 106 valence electrons. The van der Waals surface area contributed by atoms with Gasteiger partial charge in [0.25, 0.3) is 0 Å². The third kappa shape index (κ3) is 2.10. The number of rotatable bonds is 1. The molecular weight excluding hydrogens is 330 g/mol. The summed E-state index contributed by atoms with van der Waals surface area (Å²) >= 11 is 3.70. The van der Waals surface area contributed by atoms with Gasteiger partial charge in [0.1, 0.15) is 11.8 Å². The molecule has 1 aliphatic rings. The van der Waals surface area contributed by atoms with Crippen LogP contribution in [0.3, 0.4) is 0 Å². The highest BCUT2D eigenvalue weighted by atomic mass is 79.9. The molecule has 1 N–H and O–H groups in total. The molecule has 4 rings (SSSR count). The minimum Gasteiger partial charge on any atom is -0.350 e. The molecule has 0 atom stereocenters. The summed E-state index contributed by atoms with van der Waals surface area (Å²) in [5.41, 5.74) is 5.69. The van der Waals surface area contributed by atoms with Crippen molar-refractivity contribution in [3.05, 3.63) is 46.0 Å². The highest BCUT2D eigenvalue weighted by Gasteiger charge is 2.22. The summed E-state index contributed by atoms with van der Waals surface area (Å²) in [7, 11) is 0. The van der Waals surface area contributed by atoms with Gasteiger partial charge < -0.3 is 9.88 Å². The molecule has 0 unspecified atom stereocenters. The minimum atomic E-state index is 0.716. The number of H-pyrrole nitrogens is 1. The Hall–Kier alpha value is -1.95. The number of nitrogens with zero attached hydrogens (tertiary/aromatic N) is 4. The first kappa shape index (κ1) is 12.8. The van der Waals surface area contributed by atoms with Crippen LogP contribution in [-0.4, -0.2) is 26.5 Å². The normalized spacial score (nSPS) is 14.5. The van der Waals surface area contributed by atoms with Crippen LogP contribution in [0.4, 0.5) is 5.82 Å². The maximum Gasteiger partial charge on any atom is 0.182 e. The molecule has 0 amide bonds. The van der Waals surface area contributed by atoms with Gasteiger partial charge in [-0.15, -0.1) is 0 Å². The van der Waals surface area contributed by atoms with Gasteiger partial charge in [0, 0.05) is 17.6 Å². The predicted octanol–water partition coefficient (Wildman–Crippen LogP) is 2.99. The summed E-state index contributed by atoms with van der Waals surface area (Å²) in [6.07, 6.45) is 4.27. The maximum absolute atomic E-state index is 4.45. The SMILES string of the molecule is Cc1cc(Br)c2c(c1)CCN(c1ncnc3nc[nH]c13)C2. The fourth-order valence-corrected chi connectivity index (χ4v) is 3.68. The van der Waals surface area contributed by atoms with E-state index in [1.807, 2.05) is 0 Å². The van der Waals surface area contributed by atoms with E-state index in [-0.39, 0.29) is 0 Å². The van der Waals surface area contributed by atoms with E-state index in [1.54, 1.807) is 12.7 Å². The van der Waals surface area contributed by atoms with Crippen molar-refractivity contribution < 1.29 is 0 Å². The molecule has 6 heteroatoms. The Morgan fingerprint density at radius 3 is 3.05 bits per heavy atom. The maximum atomic E-state index is 4.45. The summed E-state index contributed by atoms with van der Waals surface area (Å²) in [6.45, 7) is 3.94. The van der Waals surface area contributed by atoms with Crippen LogP contribution in [0.5, 0.6) is 0 Å². The number of hydrogen-bond donors (Lipinski definition) is 1. The quantitative estimate of drug-likeness (QED) is 0.737. The molecule has 3 aromatic rings. The predicted molar refractivity (Wildman–Crippen MR) is 85.3 cm³/mol. The van der Waals surface area contributed by atoms with Gasteiger partial charge in [0.05, 0.1) is 6.33 Å². The van der Waals surface area contributed by atoms with Crippen molar-refractivity contribution in [1.29, 1.82) is 0 Å². The van der Waals surface area contributed by atoms with E-state index >= 15 is 0 Å². The van der Waals surface area contributed by atoms with Gasteiger partial charge in [-0.1, -0.05) is 22.0 Å². The molecule has 0 bridgehead atoms. The topological polar surface area (TPSA) is 57.7 Å². The summed E-state index contributed by atoms with van der Waals surface area (Å²) in [6, 6.07) is 4.46. The molecule has 21 heavy (non-hydrogen) atoms. The van der Waals surface area contributed by atoms with Gasteiger partial charge in [-0.05, 0) is 36.1 Å². The van der Waals surface area contributed by atoms with Crippen LogP contribution < -0.4 is 4.90 Å². The average molecular weight is 344 g/mol. The Labute approximate surface area is 130 Å². The largest absolute Gasteiger partial charge is 0.350 e. The second-order valence-electron chi connectivity index (χ2n) is 5.35. The Balaban J connectivity index is 1.77. The molecule has 0 saturated heterocycles. The molecule has 0 radical (unpaired) electrons. The zero-order valence-electron chi connectivity index (χ0n) is 11.6. The van der Waals surface area contributed by atoms with E-state index in [0.29, 0.717) is 5.65 Å². The van der Waals surface area contributed by atoms with Crippen molar-refractivity contribution in [3.8, 4) is 0 Å². The number of halogens is 1. The van der Waals surface area contributed by atoms with E-state index in [0.717, 1.165) is 30.8 Å². The standard InChI is InChI=1S/C15H14BrN5/c1-9-4-10-2-3-21(6-11(10)12(16)5-9)15-13-14(18-7-17-13)19-8-20-15/h4-5,7-8H,2-3,6H2,1H3,(H,17,18,19,20). The lowest BCUT2D eigenvalue weighted by molar-refractivity contribution is 0.719. The average Bonchev–Trinajstić information content (AvgIpc) is 2.95. The van der Waals surface area contributed by atoms with E-state index in [1.165, 1.54) is 21.2 Å². The molecule has 0 saturated carbocycles. The Morgan fingerprint density at radius 1 is 1.24 bits per heavy atom. The first-order valence-corrected chi connectivity index (χ1v) is 7.68. The van der Waals surface area contributed by atoms with Crippen LogP contribution in [0.1, 0.15) is 16.7 Å². The summed E-state index contributed by atoms with van der Waals surface area (Å²) in [5.74, 6) is 0.927. The Bertz CT molecular complexity index is 826. The summed E-state index contributed by atoms with van der Waals surface area (Å²) in [4.78, 5) is 18.3. The number of aromatic amines is 1. The number of benzene rings is 1. The van der Waals surface area contributed by atoms with Gasteiger partial charge in [0.2, 0.25) is 0 Å². The van der Waals surface area contributed by atoms with Crippen LogP contribution in [-0.2, 0) is 13.0 Å². The van der Waals surface area contributed by atoms with Crippen LogP contribution >= 0.6 is 15.9 Å². The first-order valence-electron chi connectivity index (χ1n) is 6.89. The number of nitrogens with one attached hydrogen (secondary N) is 1. The molecule has 0 aliphatic carbocycles. The highest BCUT2D eigenvalue weighted by molar-refractivity contribution is 9.10. The number of imidazole rings is 1. The zero-order chi connectivity index (χ0) is 14.4. The smallest absolute Gasteiger partial charge is 0.182 e. The van der Waals surface area contributed by atoms with Crippen LogP contribution in [0.2, 0.25) is 0 Å². The number of hydrogen-bond acceptors (Lipinski definition) is 4. The van der Waals surface area contributed by atoms with Gasteiger partial charge in [-0.2, -0.15) is 0 Å². The molecule has 1 aliphatic heterocycles. The molecule has 0 fully saturated rings. The van der Waals surface area contributed by atoms with Gasteiger partial charge in [-0.3, -0.25) is 0 Å². The molecule has 1 aromatic carbocycles. The molecule has 3 heterocycles. The Morgan fingerprint density at radius 2 is 2.14 bits per heavy atom. The molecule has 0 spiro atoms. The van der Waals surface area contributed by atoms with Crippen molar-refractivity contribution in [1.82, 2.24) is 19.9 Å². The highest BCUT2D eigenvalue weighted by Crippen LogP contribution is 2.31. The lowest BCUT2D eigenvalue weighted by atomic mass is 9.97. The fourth-order valence-electron chi connectivity index (χ4n) is 2.94. The van der Waals surface area contributed by atoms with E-state index in [2.05, 4.69) is 59.8 Å². The summed E-state index contributed by atoms with van der Waals surface area (Å²) in [5, 5.41) is 0. The van der Waals surface area contributed by atoms with Crippen molar-refractivity contribution in [2.24, 2.45) is 0 Å². The van der Waals surface area contributed by atoms with Crippen LogP contribution in [0.15, 0.2) is 29.3 Å². The fraction of sp³-hybridized carbons (Fsp3) is 0.267. The van der Waals surface area contributed by atoms with Crippen molar-refractivity contribution in [2.75, 3.05) is 11.4 Å². The van der Waals surface area contributed by atoms with E-state index < -0.39 is 0 Å². The number of aromatic nitrogens is 4. The zero-order valence-corrected chi connectivity index (χ0v) is 13.2. The lowest BCUT2D eigenvalue weighted by Gasteiger charge is -2.30. The number of anilines is 1. The molecule has 5 nitrogen and oxygen atoms in total. The second kappa shape index (κ2) is 4.80. The monoisotopic (exact) mass is 343 g/mol. The second-order valence-corrected chi connectivity index (χ2v) is 6.21. The number of fused-ring (bicyclic) bond motifs is 2. The van der Waals surface area contributed by atoms with Gasteiger partial charge >= 0.3 is 0 Å².